The van der Waals surface area contributed by atoms with E-state index in [-0.39, 0.29) is 23.2 Å². The Labute approximate surface area is 75.3 Å². The molecule has 70 valence electrons. The first-order valence-electron chi connectivity index (χ1n) is 4.21. The molecule has 0 unspecified atom stereocenters. The number of nitrogens with two attached hydrogens (primary N) is 1. The van der Waals surface area contributed by atoms with Gasteiger partial charge in [-0.25, -0.2) is 0 Å². The molecular formula is C8H11N3O2. The number of primary amides is 1. The summed E-state index contributed by atoms with van der Waals surface area (Å²) in [5.41, 5.74) is 5.05. The fourth-order valence-corrected chi connectivity index (χ4v) is 1.99. The quantitative estimate of drug-likeness (QED) is 0.520. The molecule has 1 atom stereocenters. The van der Waals surface area contributed by atoms with E-state index < -0.39 is 5.91 Å². The van der Waals surface area contributed by atoms with Crippen LogP contribution in [0.4, 0.5) is 0 Å². The molecule has 13 heavy (non-hydrogen) atoms. The molecule has 0 aliphatic carbocycles. The Morgan fingerprint density at radius 3 is 2.92 bits per heavy atom. The fraction of sp³-hybridized carbons (Fsp3) is 0.500. The second-order valence-electron chi connectivity index (χ2n) is 3.32. The molecule has 5 nitrogen and oxygen atoms in total. The van der Waals surface area contributed by atoms with Crippen molar-refractivity contribution in [2.75, 3.05) is 6.54 Å². The number of amidine groups is 1. The third-order valence-electron chi connectivity index (χ3n) is 2.59. The number of nitrogens with one attached hydrogen (secondary N) is 1. The number of amides is 1. The van der Waals surface area contributed by atoms with Crippen LogP contribution in [0.1, 0.15) is 12.8 Å². The van der Waals surface area contributed by atoms with Gasteiger partial charge in [0.25, 0.3) is 5.91 Å². The van der Waals surface area contributed by atoms with E-state index in [4.69, 9.17) is 11.1 Å². The molecule has 1 amide bonds. The molecule has 2 aliphatic heterocycles. The number of hydrogen-bond donors (Lipinski definition) is 3. The van der Waals surface area contributed by atoms with Gasteiger partial charge in [-0.15, -0.1) is 0 Å². The molecule has 0 aromatic rings. The second-order valence-corrected chi connectivity index (χ2v) is 3.32. The standard InChI is InChI=1S/C8H11N3O2/c9-7-5(8(10)13)6(12)4-2-1-3-11(4)7/h4,9,12H,1-3H2,(H2,10,13)/t4-/m0/s1. The highest BCUT2D eigenvalue weighted by atomic mass is 16.3. The van der Waals surface area contributed by atoms with Crippen LogP contribution in [0.2, 0.25) is 0 Å². The summed E-state index contributed by atoms with van der Waals surface area (Å²) < 4.78 is 0. The first-order chi connectivity index (χ1) is 6.13. The van der Waals surface area contributed by atoms with Crippen LogP contribution in [0.3, 0.4) is 0 Å². The lowest BCUT2D eigenvalue weighted by Gasteiger charge is -2.17. The van der Waals surface area contributed by atoms with Gasteiger partial charge in [0.2, 0.25) is 0 Å². The number of carbonyl (C=O) groups excluding carboxylic acids is 1. The zero-order valence-corrected chi connectivity index (χ0v) is 7.08. The summed E-state index contributed by atoms with van der Waals surface area (Å²) in [6, 6.07) is -0.171. The zero-order valence-electron chi connectivity index (χ0n) is 7.08. The van der Waals surface area contributed by atoms with Gasteiger partial charge in [-0.1, -0.05) is 0 Å². The van der Waals surface area contributed by atoms with E-state index in [0.717, 1.165) is 19.4 Å². The number of aliphatic hydroxyl groups is 1. The third kappa shape index (κ3) is 0.929. The van der Waals surface area contributed by atoms with Gasteiger partial charge < -0.3 is 15.7 Å². The van der Waals surface area contributed by atoms with Crippen LogP contribution in [-0.2, 0) is 4.79 Å². The van der Waals surface area contributed by atoms with E-state index in [1.165, 1.54) is 0 Å². The maximum absolute atomic E-state index is 10.9. The lowest BCUT2D eigenvalue weighted by atomic mass is 10.1. The van der Waals surface area contributed by atoms with Gasteiger partial charge in [-0.2, -0.15) is 0 Å². The van der Waals surface area contributed by atoms with Gasteiger partial charge in [0.05, 0.1) is 6.04 Å². The normalized spacial score (nSPS) is 26.9. The van der Waals surface area contributed by atoms with E-state index in [1.54, 1.807) is 4.90 Å². The average Bonchev–Trinajstić information content (AvgIpc) is 2.56. The molecular weight excluding hydrogens is 170 g/mol. The lowest BCUT2D eigenvalue weighted by Crippen LogP contribution is -2.31. The fourth-order valence-electron chi connectivity index (χ4n) is 1.99. The SMILES string of the molecule is N=C1C(C(N)=O)=C(O)[C@@H]2CCCN12. The summed E-state index contributed by atoms with van der Waals surface area (Å²) in [7, 11) is 0. The molecule has 2 heterocycles. The number of rotatable bonds is 1. The molecule has 0 spiro atoms. The number of carbonyl (C=O) groups is 1. The van der Waals surface area contributed by atoms with Gasteiger partial charge in [0.1, 0.15) is 17.2 Å². The Hall–Kier alpha value is -1.52. The predicted octanol–water partition coefficient (Wildman–Crippen LogP) is -0.261. The van der Waals surface area contributed by atoms with Crippen molar-refractivity contribution in [2.45, 2.75) is 18.9 Å². The summed E-state index contributed by atoms with van der Waals surface area (Å²) in [6.07, 6.45) is 1.74. The van der Waals surface area contributed by atoms with Crippen LogP contribution in [-0.4, -0.2) is 34.3 Å². The van der Waals surface area contributed by atoms with Crippen molar-refractivity contribution < 1.29 is 9.90 Å². The van der Waals surface area contributed by atoms with Gasteiger partial charge in [0, 0.05) is 6.54 Å². The van der Waals surface area contributed by atoms with Crippen molar-refractivity contribution in [1.29, 1.82) is 5.41 Å². The van der Waals surface area contributed by atoms with E-state index in [2.05, 4.69) is 0 Å². The first kappa shape index (κ1) is 8.10. The smallest absolute Gasteiger partial charge is 0.255 e. The molecule has 2 rings (SSSR count). The van der Waals surface area contributed by atoms with Gasteiger partial charge in [-0.05, 0) is 12.8 Å². The topological polar surface area (TPSA) is 90.4 Å². The summed E-state index contributed by atoms with van der Waals surface area (Å²) in [5.74, 6) is -0.653. The van der Waals surface area contributed by atoms with Crippen molar-refractivity contribution in [3.8, 4) is 0 Å². The minimum atomic E-state index is -0.711. The van der Waals surface area contributed by atoms with Crippen molar-refractivity contribution in [3.63, 3.8) is 0 Å². The summed E-state index contributed by atoms with van der Waals surface area (Å²) >= 11 is 0. The molecule has 0 bridgehead atoms. The van der Waals surface area contributed by atoms with Gasteiger partial charge in [-0.3, -0.25) is 10.2 Å². The molecule has 0 saturated carbocycles. The Kier molecular flexibility index (Phi) is 1.55. The van der Waals surface area contributed by atoms with E-state index in [0.29, 0.717) is 0 Å². The van der Waals surface area contributed by atoms with Crippen LogP contribution < -0.4 is 5.73 Å². The molecule has 0 radical (unpaired) electrons. The molecule has 2 aliphatic rings. The Morgan fingerprint density at radius 1 is 1.69 bits per heavy atom. The predicted molar refractivity (Wildman–Crippen MR) is 46.3 cm³/mol. The molecule has 4 N–H and O–H groups in total. The van der Waals surface area contributed by atoms with Crippen molar-refractivity contribution in [2.24, 2.45) is 5.73 Å². The van der Waals surface area contributed by atoms with Gasteiger partial charge in [0.15, 0.2) is 0 Å². The highest BCUT2D eigenvalue weighted by Gasteiger charge is 2.41. The van der Waals surface area contributed by atoms with Crippen LogP contribution in [0, 0.1) is 5.41 Å². The maximum atomic E-state index is 10.9. The Balaban J connectivity index is 2.41. The maximum Gasteiger partial charge on any atom is 0.255 e. The van der Waals surface area contributed by atoms with Crippen molar-refractivity contribution in [3.05, 3.63) is 11.3 Å². The highest BCUT2D eigenvalue weighted by molar-refractivity contribution is 6.21. The second kappa shape index (κ2) is 2.48. The monoisotopic (exact) mass is 181 g/mol. The van der Waals surface area contributed by atoms with Crippen LogP contribution in [0.5, 0.6) is 0 Å². The number of nitrogens with zero attached hydrogens (tertiary/aromatic N) is 1. The minimum Gasteiger partial charge on any atom is -0.509 e. The van der Waals surface area contributed by atoms with E-state index in [1.807, 2.05) is 0 Å². The Morgan fingerprint density at radius 2 is 2.38 bits per heavy atom. The van der Waals surface area contributed by atoms with E-state index >= 15 is 0 Å². The summed E-state index contributed by atoms with van der Waals surface area (Å²) in [5, 5.41) is 17.2. The van der Waals surface area contributed by atoms with Crippen molar-refractivity contribution >= 4 is 11.7 Å². The Bertz CT molecular complexity index is 321. The lowest BCUT2D eigenvalue weighted by molar-refractivity contribution is -0.114. The van der Waals surface area contributed by atoms with Crippen LogP contribution >= 0.6 is 0 Å². The number of hydrogen-bond acceptors (Lipinski definition) is 3. The largest absolute Gasteiger partial charge is 0.509 e. The van der Waals surface area contributed by atoms with E-state index in [9.17, 15) is 9.90 Å². The van der Waals surface area contributed by atoms with Gasteiger partial charge >= 0.3 is 0 Å². The molecule has 0 aromatic carbocycles. The molecule has 0 aromatic heterocycles. The third-order valence-corrected chi connectivity index (χ3v) is 2.59. The summed E-state index contributed by atoms with van der Waals surface area (Å²) in [4.78, 5) is 12.6. The molecule has 1 saturated heterocycles. The average molecular weight is 181 g/mol. The number of aliphatic hydroxyl groups excluding tert-OH is 1. The zero-order chi connectivity index (χ0) is 9.59. The van der Waals surface area contributed by atoms with Crippen LogP contribution in [0.15, 0.2) is 11.3 Å². The summed E-state index contributed by atoms with van der Waals surface area (Å²) in [6.45, 7) is 0.727. The molecule has 5 heteroatoms. The molecule has 1 fully saturated rings. The number of fused-ring (bicyclic) bond motifs is 1. The highest BCUT2D eigenvalue weighted by Crippen LogP contribution is 2.32. The van der Waals surface area contributed by atoms with Crippen LogP contribution in [0.25, 0.3) is 0 Å². The van der Waals surface area contributed by atoms with Crippen molar-refractivity contribution in [1.82, 2.24) is 4.90 Å². The minimum absolute atomic E-state index is 0.00954. The first-order valence-corrected chi connectivity index (χ1v) is 4.21.